The minimum Gasteiger partial charge on any atom is -0.444 e. The fourth-order valence-corrected chi connectivity index (χ4v) is 8.92. The van der Waals surface area contributed by atoms with Crippen LogP contribution in [0.5, 0.6) is 0 Å². The van der Waals surface area contributed by atoms with Crippen LogP contribution in [0.25, 0.3) is 32.9 Å². The predicted octanol–water partition coefficient (Wildman–Crippen LogP) is 6.30. The average Bonchev–Trinajstić information content (AvgIpc) is 4.02. The van der Waals surface area contributed by atoms with Crippen LogP contribution < -0.4 is 0 Å². The predicted molar refractivity (Wildman–Crippen MR) is 244 cm³/mol. The molecular formula is C49H53N9O7. The van der Waals surface area contributed by atoms with Crippen LogP contribution in [0, 0.1) is 5.92 Å². The number of likely N-dealkylation sites (N-methyl/N-ethyl adjacent to an activating group) is 2. The van der Waals surface area contributed by atoms with Crippen molar-refractivity contribution in [1.29, 1.82) is 0 Å². The molecule has 0 aliphatic carbocycles. The second-order valence-electron chi connectivity index (χ2n) is 17.9. The van der Waals surface area contributed by atoms with Gasteiger partial charge in [-0.25, -0.2) is 14.8 Å². The smallest absolute Gasteiger partial charge is 0.410 e. The summed E-state index contributed by atoms with van der Waals surface area (Å²) in [6.07, 6.45) is 10.1. The number of imidazole rings is 2. The van der Waals surface area contributed by atoms with Crippen molar-refractivity contribution in [1.82, 2.24) is 43.6 Å². The van der Waals surface area contributed by atoms with Crippen molar-refractivity contribution in [2.24, 2.45) is 5.92 Å². The van der Waals surface area contributed by atoms with Gasteiger partial charge in [0.15, 0.2) is 0 Å². The summed E-state index contributed by atoms with van der Waals surface area (Å²) in [5.41, 5.74) is 2.48. The zero-order chi connectivity index (χ0) is 46.3. The number of benzene rings is 4. The number of rotatable bonds is 15. The summed E-state index contributed by atoms with van der Waals surface area (Å²) in [4.78, 5) is 99.7. The molecule has 0 saturated carbocycles. The molecule has 16 nitrogen and oxygen atoms in total. The summed E-state index contributed by atoms with van der Waals surface area (Å²) in [6, 6.07) is 17.1. The largest absolute Gasteiger partial charge is 0.444 e. The van der Waals surface area contributed by atoms with Crippen LogP contribution in [-0.2, 0) is 9.53 Å². The molecule has 4 heterocycles. The van der Waals surface area contributed by atoms with Gasteiger partial charge in [-0.15, -0.1) is 0 Å². The molecule has 0 radical (unpaired) electrons. The van der Waals surface area contributed by atoms with Gasteiger partial charge in [0, 0.05) is 108 Å². The van der Waals surface area contributed by atoms with Gasteiger partial charge in [-0.2, -0.15) is 0 Å². The Kier molecular flexibility index (Phi) is 12.1. The third-order valence-corrected chi connectivity index (χ3v) is 12.1. The number of imide groups is 2. The van der Waals surface area contributed by atoms with Gasteiger partial charge in [0.2, 0.25) is 5.91 Å². The summed E-state index contributed by atoms with van der Waals surface area (Å²) in [5, 5.41) is 2.70. The fourth-order valence-electron chi connectivity index (χ4n) is 8.92. The first kappa shape index (κ1) is 44.4. The number of hydrogen-bond acceptors (Lipinski definition) is 10. The Hall–Kier alpha value is -7.20. The summed E-state index contributed by atoms with van der Waals surface area (Å²) in [7, 11) is 3.42. The van der Waals surface area contributed by atoms with E-state index in [1.165, 1.54) is 21.7 Å². The van der Waals surface area contributed by atoms with E-state index in [9.17, 15) is 28.8 Å². The molecule has 336 valence electrons. The maximum Gasteiger partial charge on any atom is 0.410 e. The number of carbonyl (C=O) groups is 6. The molecule has 6 amide bonds. The minimum atomic E-state index is -0.911. The Balaban J connectivity index is 0.976. The number of nitrogens with zero attached hydrogens (tertiary/aromatic N) is 9. The Bertz CT molecular complexity index is 2790. The van der Waals surface area contributed by atoms with Gasteiger partial charge < -0.3 is 23.7 Å². The molecule has 8 rings (SSSR count). The van der Waals surface area contributed by atoms with Crippen molar-refractivity contribution in [3.8, 4) is 11.4 Å². The maximum atomic E-state index is 14.7. The number of aromatic nitrogens is 4. The maximum absolute atomic E-state index is 14.7. The van der Waals surface area contributed by atoms with Crippen molar-refractivity contribution in [3.05, 3.63) is 120 Å². The molecule has 6 aromatic rings. The van der Waals surface area contributed by atoms with Crippen LogP contribution in [0.1, 0.15) is 82.5 Å². The molecule has 0 saturated heterocycles. The van der Waals surface area contributed by atoms with Crippen molar-refractivity contribution >= 4 is 57.2 Å². The van der Waals surface area contributed by atoms with E-state index in [4.69, 9.17) is 4.74 Å². The van der Waals surface area contributed by atoms with E-state index in [1.807, 2.05) is 71.5 Å². The Labute approximate surface area is 377 Å². The van der Waals surface area contributed by atoms with Crippen LogP contribution in [0.3, 0.4) is 0 Å². The first-order chi connectivity index (χ1) is 31.1. The first-order valence-electron chi connectivity index (χ1n) is 21.8. The molecule has 1 unspecified atom stereocenters. The lowest BCUT2D eigenvalue weighted by Crippen LogP contribution is -2.55. The van der Waals surface area contributed by atoms with Gasteiger partial charge in [0.05, 0.1) is 24.0 Å². The van der Waals surface area contributed by atoms with Crippen molar-refractivity contribution < 1.29 is 33.5 Å². The molecule has 16 heteroatoms. The molecule has 1 atom stereocenters. The monoisotopic (exact) mass is 879 g/mol. The topological polar surface area (TPSA) is 163 Å². The lowest BCUT2D eigenvalue weighted by Gasteiger charge is -2.37. The second kappa shape index (κ2) is 17.8. The van der Waals surface area contributed by atoms with Crippen molar-refractivity contribution in [2.45, 2.75) is 52.7 Å². The van der Waals surface area contributed by atoms with Crippen molar-refractivity contribution in [3.63, 3.8) is 0 Å². The molecular weight excluding hydrogens is 827 g/mol. The lowest BCUT2D eigenvalue weighted by molar-refractivity contribution is -0.138. The molecule has 2 aromatic heterocycles. The molecule has 0 bridgehead atoms. The van der Waals surface area contributed by atoms with Gasteiger partial charge in [-0.3, -0.25) is 38.7 Å². The van der Waals surface area contributed by atoms with Gasteiger partial charge >= 0.3 is 6.09 Å². The minimum absolute atomic E-state index is 0.00807. The van der Waals surface area contributed by atoms with Crippen LogP contribution in [-0.4, -0.2) is 144 Å². The van der Waals surface area contributed by atoms with E-state index in [1.54, 1.807) is 87.2 Å². The van der Waals surface area contributed by atoms with Gasteiger partial charge in [-0.05, 0) is 83.1 Å². The number of hydrogen-bond donors (Lipinski definition) is 0. The van der Waals surface area contributed by atoms with E-state index in [2.05, 4.69) is 9.97 Å². The quantitative estimate of drug-likeness (QED) is 0.107. The van der Waals surface area contributed by atoms with Crippen LogP contribution in [0.4, 0.5) is 4.79 Å². The SMILES string of the molecule is CC(C)C(C(=O)N(CCCN(C)CCN1C(=O)c2cccc3c(-n4ccnc4)ccc(c23)C1=O)CCN1C(=O)c2cccc3c(-n4ccnc4)ccc(c23)C1=O)N(C)C(=O)OC(C)(C)C. The summed E-state index contributed by atoms with van der Waals surface area (Å²) in [5.74, 6) is -2.33. The zero-order valence-electron chi connectivity index (χ0n) is 37.7. The zero-order valence-corrected chi connectivity index (χ0v) is 37.7. The van der Waals surface area contributed by atoms with Crippen LogP contribution in [0.2, 0.25) is 0 Å². The molecule has 2 aliphatic rings. The third kappa shape index (κ3) is 8.48. The number of amides is 6. The van der Waals surface area contributed by atoms with E-state index in [0.29, 0.717) is 52.5 Å². The van der Waals surface area contributed by atoms with Crippen LogP contribution in [0.15, 0.2) is 98.1 Å². The lowest BCUT2D eigenvalue weighted by atomic mass is 9.93. The Morgan fingerprint density at radius 1 is 0.646 bits per heavy atom. The van der Waals surface area contributed by atoms with E-state index >= 15 is 0 Å². The molecule has 0 N–H and O–H groups in total. The highest BCUT2D eigenvalue weighted by molar-refractivity contribution is 6.27. The van der Waals surface area contributed by atoms with E-state index in [-0.39, 0.29) is 49.8 Å². The molecule has 0 spiro atoms. The molecule has 2 aliphatic heterocycles. The van der Waals surface area contributed by atoms with Gasteiger partial charge in [-0.1, -0.05) is 38.1 Å². The number of ether oxygens (including phenoxy) is 1. The van der Waals surface area contributed by atoms with Gasteiger partial charge in [0.25, 0.3) is 23.6 Å². The van der Waals surface area contributed by atoms with Crippen molar-refractivity contribution in [2.75, 3.05) is 53.4 Å². The Morgan fingerprint density at radius 2 is 1.12 bits per heavy atom. The van der Waals surface area contributed by atoms with E-state index < -0.39 is 29.6 Å². The fraction of sp³-hybridized carbons (Fsp3) is 0.347. The van der Waals surface area contributed by atoms with Gasteiger partial charge in [0.1, 0.15) is 11.6 Å². The number of carbonyl (C=O) groups excluding carboxylic acids is 6. The molecule has 0 fully saturated rings. The summed E-state index contributed by atoms with van der Waals surface area (Å²) >= 11 is 0. The third-order valence-electron chi connectivity index (χ3n) is 12.1. The van der Waals surface area contributed by atoms with E-state index in [0.717, 1.165) is 22.1 Å². The highest BCUT2D eigenvalue weighted by atomic mass is 16.6. The molecule has 65 heavy (non-hydrogen) atoms. The summed E-state index contributed by atoms with van der Waals surface area (Å²) in [6.45, 7) is 10.1. The highest BCUT2D eigenvalue weighted by Crippen LogP contribution is 2.35. The first-order valence-corrected chi connectivity index (χ1v) is 21.8. The normalized spacial score (nSPS) is 14.3. The molecule has 4 aromatic carbocycles. The standard InChI is InChI=1S/C49H53N9O7/c1-31(2)42(53(7)48(64)65-49(3,4)5)47(63)54(26-28-58-44(60)35-14-9-12-33-39(56-24-20-51-30-56)18-16-37(41(33)35)46(58)62)22-10-21-52(6)25-27-57-43(59)34-13-8-11-32-38(55-23-19-50-29-55)17-15-36(40(32)34)45(57)61/h8-9,11-20,23-24,29-31,42H,10,21-22,25-28H2,1-7H3. The Morgan fingerprint density at radius 3 is 1.57 bits per heavy atom. The second-order valence-corrected chi connectivity index (χ2v) is 17.9. The van der Waals surface area contributed by atoms with Crippen LogP contribution >= 0.6 is 0 Å². The average molecular weight is 880 g/mol. The summed E-state index contributed by atoms with van der Waals surface area (Å²) < 4.78 is 9.33. The highest BCUT2D eigenvalue weighted by Gasteiger charge is 2.38.